The third-order valence-electron chi connectivity index (χ3n) is 10.0. The first-order chi connectivity index (χ1) is 26.1. The first-order valence-electron chi connectivity index (χ1n) is 18.0. The van der Waals surface area contributed by atoms with Crippen LogP contribution in [0.4, 0.5) is 4.70 Å². The molecular weight excluding hydrogens is 769 g/mol. The zero-order chi connectivity index (χ0) is 38.2. The number of carbonyl (C=O) groups is 1. The minimum atomic E-state index is -1.79. The number of benzene rings is 2. The second-order valence-electron chi connectivity index (χ2n) is 13.5. The van der Waals surface area contributed by atoms with Crippen molar-refractivity contribution in [3.8, 4) is 17.2 Å². The van der Waals surface area contributed by atoms with E-state index >= 15 is 0 Å². The predicted octanol–water partition coefficient (Wildman–Crippen LogP) is 6.53. The Hall–Kier alpha value is -4.02. The summed E-state index contributed by atoms with van der Waals surface area (Å²) < 4.78 is 17.6. The molecule has 0 saturated heterocycles. The molecule has 0 spiro atoms. The van der Waals surface area contributed by atoms with Crippen LogP contribution in [0.5, 0.6) is 17.2 Å². The molecule has 1 aliphatic rings. The fraction of sp³-hybridized carbons (Fsp3) is 0.400. The smallest absolute Gasteiger partial charge is 0.349 e. The Kier molecular flexibility index (Phi) is 14.7. The van der Waals surface area contributed by atoms with Crippen LogP contribution in [0.1, 0.15) is 59.1 Å². The molecule has 2 aromatic carbocycles. The number of thiophene rings is 2. The average Bonchev–Trinajstić information content (AvgIpc) is 3.92. The molecule has 1 atom stereocenters. The molecule has 6 rings (SSSR count). The molecule has 1 aliphatic carbocycles. The van der Waals surface area contributed by atoms with Gasteiger partial charge in [-0.1, -0.05) is 29.8 Å². The number of esters is 1. The topological polar surface area (TPSA) is 154 Å². The zero-order valence-electron chi connectivity index (χ0n) is 30.7. The number of aromatic hydroxyl groups is 1. The van der Waals surface area contributed by atoms with E-state index in [9.17, 15) is 24.9 Å². The molecule has 55 heavy (non-hydrogen) atoms. The van der Waals surface area contributed by atoms with E-state index in [1.54, 1.807) is 37.4 Å². The van der Waals surface area contributed by atoms with E-state index in [1.807, 2.05) is 29.0 Å². The van der Waals surface area contributed by atoms with Crippen molar-refractivity contribution in [3.05, 3.63) is 108 Å². The highest BCUT2D eigenvalue weighted by Gasteiger charge is 2.45. The largest absolute Gasteiger partial charge is 0.506 e. The SMILES string of the molecule is COc1cc(OCCCN(C)[C@H]2CC[C@H](OC(=O)C(O)(c3cccs3)c3cccs3)CC2)c(Cl)cc1CCNC[C@H](O)c1ccc(O)c2[nH]c(=O)ccc12.F. The number of pyridine rings is 1. The molecule has 0 bridgehead atoms. The number of aliphatic hydroxyl groups is 2. The number of aliphatic hydroxyl groups excluding tert-OH is 1. The number of nitrogens with zero attached hydrogens (tertiary/aromatic N) is 1. The highest BCUT2D eigenvalue weighted by Crippen LogP contribution is 2.38. The Morgan fingerprint density at radius 2 is 1.76 bits per heavy atom. The Morgan fingerprint density at radius 3 is 2.42 bits per heavy atom. The van der Waals surface area contributed by atoms with E-state index in [0.29, 0.717) is 68.4 Å². The van der Waals surface area contributed by atoms with Crippen molar-refractivity contribution in [1.29, 1.82) is 0 Å². The van der Waals surface area contributed by atoms with Gasteiger partial charge in [0.25, 0.3) is 0 Å². The van der Waals surface area contributed by atoms with Crippen LogP contribution >= 0.6 is 34.3 Å². The van der Waals surface area contributed by atoms with Gasteiger partial charge in [-0.2, -0.15) is 0 Å². The number of carbonyl (C=O) groups excluding carboxylic acids is 1. The van der Waals surface area contributed by atoms with Crippen LogP contribution in [0.3, 0.4) is 0 Å². The summed E-state index contributed by atoms with van der Waals surface area (Å²) in [5.74, 6) is 0.540. The van der Waals surface area contributed by atoms with Crippen molar-refractivity contribution in [2.24, 2.45) is 0 Å². The molecule has 3 heterocycles. The minimum absolute atomic E-state index is 0. The maximum Gasteiger partial charge on any atom is 0.349 e. The van der Waals surface area contributed by atoms with Gasteiger partial charge in [0, 0.05) is 36.7 Å². The number of hydrogen-bond acceptors (Lipinski definition) is 12. The summed E-state index contributed by atoms with van der Waals surface area (Å²) in [6, 6.07) is 17.3. The van der Waals surface area contributed by atoms with Crippen LogP contribution in [0.15, 0.2) is 76.2 Å². The number of phenols is 1. The molecule has 1 fully saturated rings. The van der Waals surface area contributed by atoms with Crippen molar-refractivity contribution < 1.29 is 39.0 Å². The van der Waals surface area contributed by atoms with Crippen LogP contribution in [-0.4, -0.2) is 83.7 Å². The number of aromatic amines is 1. The van der Waals surface area contributed by atoms with Crippen LogP contribution in [0.2, 0.25) is 5.02 Å². The van der Waals surface area contributed by atoms with E-state index in [0.717, 1.165) is 44.2 Å². The number of methoxy groups -OCH3 is 1. The molecular formula is C40H47ClFN3O8S2. The quantitative estimate of drug-likeness (QED) is 0.0518. The number of aromatic nitrogens is 1. The number of H-pyrrole nitrogens is 1. The number of ether oxygens (including phenoxy) is 3. The lowest BCUT2D eigenvalue weighted by Crippen LogP contribution is -2.42. The van der Waals surface area contributed by atoms with Gasteiger partial charge in [0.05, 0.1) is 40.1 Å². The number of halogens is 2. The lowest BCUT2D eigenvalue weighted by molar-refractivity contribution is -0.169. The molecule has 0 radical (unpaired) electrons. The molecule has 1 saturated carbocycles. The summed E-state index contributed by atoms with van der Waals surface area (Å²) in [6.45, 7) is 2.10. The van der Waals surface area contributed by atoms with Gasteiger partial charge in [0.1, 0.15) is 23.4 Å². The van der Waals surface area contributed by atoms with Crippen LogP contribution < -0.4 is 20.3 Å². The van der Waals surface area contributed by atoms with E-state index < -0.39 is 17.7 Å². The number of fused-ring (bicyclic) bond motifs is 1. The first kappa shape index (κ1) is 42.1. The summed E-state index contributed by atoms with van der Waals surface area (Å²) in [7, 11) is 3.71. The molecule has 0 aliphatic heterocycles. The second kappa shape index (κ2) is 19.2. The average molecular weight is 816 g/mol. The molecule has 0 amide bonds. The summed E-state index contributed by atoms with van der Waals surface area (Å²) in [5.41, 5.74) is -0.330. The maximum atomic E-state index is 13.4. The molecule has 0 unspecified atom stereocenters. The third-order valence-corrected chi connectivity index (χ3v) is 12.3. The van der Waals surface area contributed by atoms with E-state index in [-0.39, 0.29) is 28.7 Å². The fourth-order valence-electron chi connectivity index (χ4n) is 7.00. The fourth-order valence-corrected chi connectivity index (χ4v) is 8.96. The van der Waals surface area contributed by atoms with Crippen molar-refractivity contribution in [2.75, 3.05) is 40.4 Å². The predicted molar refractivity (Wildman–Crippen MR) is 215 cm³/mol. The molecule has 11 nitrogen and oxygen atoms in total. The van der Waals surface area contributed by atoms with Gasteiger partial charge in [-0.3, -0.25) is 9.50 Å². The monoisotopic (exact) mass is 815 g/mol. The van der Waals surface area contributed by atoms with Crippen LogP contribution in [0.25, 0.3) is 10.9 Å². The van der Waals surface area contributed by atoms with Crippen LogP contribution in [0, 0.1) is 0 Å². The standard InChI is InChI=1S/C40H46ClN3O8S2.FH/c1-44(26-8-10-27(11-9-26)52-39(48)40(49,35-6-3-20-53-35)36-7-4-21-54-36)18-5-19-51-34-23-33(50-2)25(22-30(34)41)16-17-42-24-32(46)28-12-14-31(45)38-29(28)13-15-37(47)43-38;/h3-4,6-7,12-15,20-23,26-27,32,42,45-46,49H,5,8-11,16-19,24H2,1-2H3,(H,43,47);1H/t26-,27-,32-;/m0./s1. The minimum Gasteiger partial charge on any atom is -0.506 e. The number of phenolic OH excluding ortho intramolecular Hbond substituents is 1. The summed E-state index contributed by atoms with van der Waals surface area (Å²) in [5, 5.41) is 40.6. The van der Waals surface area contributed by atoms with Gasteiger partial charge in [0.2, 0.25) is 11.2 Å². The van der Waals surface area contributed by atoms with Crippen molar-refractivity contribution in [3.63, 3.8) is 0 Å². The first-order valence-corrected chi connectivity index (χ1v) is 20.2. The molecule has 5 aromatic rings. The van der Waals surface area contributed by atoms with E-state index in [4.69, 9.17) is 25.8 Å². The van der Waals surface area contributed by atoms with Gasteiger partial charge < -0.3 is 44.7 Å². The molecule has 3 aromatic heterocycles. The summed E-state index contributed by atoms with van der Waals surface area (Å²) in [4.78, 5) is 31.2. The van der Waals surface area contributed by atoms with E-state index in [2.05, 4.69) is 22.2 Å². The van der Waals surface area contributed by atoms with Gasteiger partial charge in [-0.25, -0.2) is 4.79 Å². The Bertz CT molecular complexity index is 2020. The van der Waals surface area contributed by atoms with Crippen molar-refractivity contribution in [2.45, 2.75) is 62.4 Å². The Balaban J connectivity index is 0.00000580. The highest BCUT2D eigenvalue weighted by atomic mass is 35.5. The molecule has 296 valence electrons. The number of nitrogens with one attached hydrogen (secondary N) is 2. The van der Waals surface area contributed by atoms with Gasteiger partial charge in [-0.05, 0) is 104 Å². The number of hydrogen-bond donors (Lipinski definition) is 5. The molecule has 15 heteroatoms. The van der Waals surface area contributed by atoms with Gasteiger partial charge in [-0.15, -0.1) is 22.7 Å². The summed E-state index contributed by atoms with van der Waals surface area (Å²) >= 11 is 9.32. The lowest BCUT2D eigenvalue weighted by atomic mass is 9.91. The highest BCUT2D eigenvalue weighted by molar-refractivity contribution is 7.12. The molecule has 5 N–H and O–H groups in total. The lowest BCUT2D eigenvalue weighted by Gasteiger charge is -2.35. The Morgan fingerprint density at radius 1 is 1.05 bits per heavy atom. The Labute approximate surface area is 331 Å². The summed E-state index contributed by atoms with van der Waals surface area (Å²) in [6.07, 6.45) is 3.53. The maximum absolute atomic E-state index is 13.4. The number of rotatable bonds is 17. The van der Waals surface area contributed by atoms with Gasteiger partial charge in [0.15, 0.2) is 0 Å². The van der Waals surface area contributed by atoms with E-state index in [1.165, 1.54) is 34.8 Å². The van der Waals surface area contributed by atoms with Gasteiger partial charge >= 0.3 is 5.97 Å². The second-order valence-corrected chi connectivity index (χ2v) is 15.8. The van der Waals surface area contributed by atoms with Crippen molar-refractivity contribution >= 4 is 51.1 Å². The van der Waals surface area contributed by atoms with Crippen LogP contribution in [-0.2, 0) is 21.6 Å². The van der Waals surface area contributed by atoms with Crippen molar-refractivity contribution in [1.82, 2.24) is 15.2 Å². The zero-order valence-corrected chi connectivity index (χ0v) is 33.1. The third kappa shape index (κ3) is 9.87. The normalized spacial score (nSPS) is 16.5.